The largest absolute Gasteiger partial charge is 0.748 e. The maximum atomic E-state index is 9.08. The Kier molecular flexibility index (Phi) is 4.30. The molecule has 4 N–H and O–H groups in total. The predicted octanol–water partition coefficient (Wildman–Crippen LogP) is -0.890. The second-order valence-corrected chi connectivity index (χ2v) is 5.30. The molecule has 1 aromatic heterocycles. The number of thiazole rings is 1. The van der Waals surface area contributed by atoms with Gasteiger partial charge in [0.25, 0.3) is 0 Å². The SMILES string of the molecule is CS(=O)(=O)[O-].Cc1sc(N)[n+](N)c1C. The van der Waals surface area contributed by atoms with Crippen molar-refractivity contribution in [3.8, 4) is 0 Å². The molecule has 82 valence electrons. The van der Waals surface area contributed by atoms with Crippen LogP contribution in [-0.2, 0) is 10.1 Å². The molecule has 0 spiro atoms. The molecule has 0 saturated heterocycles. The minimum Gasteiger partial charge on any atom is -0.748 e. The van der Waals surface area contributed by atoms with Gasteiger partial charge in [-0.15, -0.1) is 4.68 Å². The van der Waals surface area contributed by atoms with Crippen molar-refractivity contribution in [3.05, 3.63) is 10.6 Å². The fourth-order valence-corrected chi connectivity index (χ4v) is 1.41. The van der Waals surface area contributed by atoms with Gasteiger partial charge in [0, 0.05) is 13.2 Å². The number of anilines is 1. The monoisotopic (exact) mass is 239 g/mol. The summed E-state index contributed by atoms with van der Waals surface area (Å²) in [5.74, 6) is 5.50. The summed E-state index contributed by atoms with van der Waals surface area (Å²) in [6.45, 7) is 3.95. The average molecular weight is 239 g/mol. The zero-order valence-electron chi connectivity index (χ0n) is 8.14. The second-order valence-electron chi connectivity index (χ2n) is 2.66. The van der Waals surface area contributed by atoms with Crippen LogP contribution in [0.2, 0.25) is 0 Å². The highest BCUT2D eigenvalue weighted by atomic mass is 32.2. The van der Waals surface area contributed by atoms with Crippen LogP contribution in [0.5, 0.6) is 0 Å². The van der Waals surface area contributed by atoms with Gasteiger partial charge in [0.05, 0.1) is 15.0 Å². The predicted molar refractivity (Wildman–Crippen MR) is 54.2 cm³/mol. The van der Waals surface area contributed by atoms with Crippen molar-refractivity contribution in [2.75, 3.05) is 17.8 Å². The Balaban J connectivity index is 0.000000292. The number of hydrogen-bond acceptors (Lipinski definition) is 6. The molecule has 0 fully saturated rings. The van der Waals surface area contributed by atoms with E-state index in [0.29, 0.717) is 11.4 Å². The number of nitrogens with zero attached hydrogens (tertiary/aromatic N) is 1. The van der Waals surface area contributed by atoms with Crippen molar-refractivity contribution in [1.82, 2.24) is 0 Å². The maximum Gasteiger partial charge on any atom is 0.355 e. The zero-order chi connectivity index (χ0) is 11.5. The van der Waals surface area contributed by atoms with Gasteiger partial charge in [0.1, 0.15) is 5.69 Å². The van der Waals surface area contributed by atoms with Gasteiger partial charge in [-0.2, -0.15) is 0 Å². The Hall–Kier alpha value is -0.860. The van der Waals surface area contributed by atoms with Gasteiger partial charge in [-0.05, 0) is 18.3 Å². The van der Waals surface area contributed by atoms with Crippen LogP contribution in [0.4, 0.5) is 5.13 Å². The van der Waals surface area contributed by atoms with Crippen molar-refractivity contribution < 1.29 is 17.6 Å². The number of aromatic nitrogens is 1. The van der Waals surface area contributed by atoms with E-state index in [2.05, 4.69) is 0 Å². The first-order valence-corrected chi connectivity index (χ1v) is 6.19. The quantitative estimate of drug-likeness (QED) is 0.346. The van der Waals surface area contributed by atoms with Crippen LogP contribution in [0.15, 0.2) is 0 Å². The summed E-state index contributed by atoms with van der Waals surface area (Å²) in [7, 11) is -3.92. The lowest BCUT2D eigenvalue weighted by Crippen LogP contribution is -2.47. The van der Waals surface area contributed by atoms with Gasteiger partial charge in [-0.3, -0.25) is 11.6 Å². The Morgan fingerprint density at radius 3 is 1.86 bits per heavy atom. The first kappa shape index (κ1) is 13.1. The molecule has 0 bridgehead atoms. The van der Waals surface area contributed by atoms with E-state index in [9.17, 15) is 0 Å². The highest BCUT2D eigenvalue weighted by molar-refractivity contribution is 7.84. The molecule has 14 heavy (non-hydrogen) atoms. The second kappa shape index (κ2) is 4.58. The van der Waals surface area contributed by atoms with Crippen molar-refractivity contribution in [1.29, 1.82) is 0 Å². The van der Waals surface area contributed by atoms with Crippen LogP contribution in [0, 0.1) is 13.8 Å². The highest BCUT2D eigenvalue weighted by Gasteiger charge is 2.10. The molecule has 0 aliphatic carbocycles. The molecule has 8 heteroatoms. The zero-order valence-corrected chi connectivity index (χ0v) is 9.78. The number of rotatable bonds is 0. The molecule has 0 radical (unpaired) electrons. The fraction of sp³-hybridized carbons (Fsp3) is 0.500. The maximum absolute atomic E-state index is 9.08. The average Bonchev–Trinajstić information content (AvgIpc) is 2.14. The minimum atomic E-state index is -3.92. The number of nitrogen functional groups attached to an aromatic ring is 2. The summed E-state index contributed by atoms with van der Waals surface area (Å²) in [5, 5.41) is 0.657. The van der Waals surface area contributed by atoms with Gasteiger partial charge in [-0.25, -0.2) is 8.42 Å². The number of hydrogen-bond donors (Lipinski definition) is 2. The summed E-state index contributed by atoms with van der Waals surface area (Å²) in [5.41, 5.74) is 6.54. The molecule has 0 aliphatic rings. The van der Waals surface area contributed by atoms with Crippen LogP contribution < -0.4 is 16.3 Å². The first-order chi connectivity index (χ1) is 6.13. The van der Waals surface area contributed by atoms with E-state index >= 15 is 0 Å². The van der Waals surface area contributed by atoms with E-state index in [-0.39, 0.29) is 0 Å². The third kappa shape index (κ3) is 5.00. The summed E-state index contributed by atoms with van der Waals surface area (Å²) < 4.78 is 28.7. The minimum absolute atomic E-state index is 0.604. The van der Waals surface area contributed by atoms with E-state index in [1.165, 1.54) is 20.9 Å². The van der Waals surface area contributed by atoms with Crippen molar-refractivity contribution in [3.63, 3.8) is 0 Å². The lowest BCUT2D eigenvalue weighted by Gasteiger charge is -1.90. The lowest BCUT2D eigenvalue weighted by molar-refractivity contribution is -0.626. The van der Waals surface area contributed by atoms with E-state index in [0.717, 1.165) is 5.69 Å². The van der Waals surface area contributed by atoms with E-state index < -0.39 is 10.1 Å². The molecule has 0 aliphatic heterocycles. The van der Waals surface area contributed by atoms with E-state index in [4.69, 9.17) is 24.5 Å². The van der Waals surface area contributed by atoms with Gasteiger partial charge in [0.15, 0.2) is 0 Å². The topological polar surface area (TPSA) is 113 Å². The van der Waals surface area contributed by atoms with E-state index in [1.54, 1.807) is 0 Å². The van der Waals surface area contributed by atoms with Crippen LogP contribution in [-0.4, -0.2) is 19.2 Å². The molecule has 1 rings (SSSR count). The summed E-state index contributed by atoms with van der Waals surface area (Å²) in [6, 6.07) is 0. The summed E-state index contributed by atoms with van der Waals surface area (Å²) in [6.07, 6.45) is 0.604. The van der Waals surface area contributed by atoms with Gasteiger partial charge in [-0.1, -0.05) is 0 Å². The number of aryl methyl sites for hydroxylation is 1. The third-order valence-corrected chi connectivity index (χ3v) is 2.37. The molecular weight excluding hydrogens is 226 g/mol. The smallest absolute Gasteiger partial charge is 0.355 e. The summed E-state index contributed by atoms with van der Waals surface area (Å²) in [4.78, 5) is 1.18. The van der Waals surface area contributed by atoms with Gasteiger partial charge >= 0.3 is 5.13 Å². The Morgan fingerprint density at radius 2 is 1.79 bits per heavy atom. The first-order valence-electron chi connectivity index (χ1n) is 3.56. The Labute approximate surface area is 86.9 Å². The molecule has 6 nitrogen and oxygen atoms in total. The van der Waals surface area contributed by atoms with Crippen molar-refractivity contribution >= 4 is 26.6 Å². The van der Waals surface area contributed by atoms with Crippen LogP contribution in [0.25, 0.3) is 0 Å². The molecule has 0 atom stereocenters. The Morgan fingerprint density at radius 1 is 1.43 bits per heavy atom. The van der Waals surface area contributed by atoms with Crippen molar-refractivity contribution in [2.45, 2.75) is 13.8 Å². The van der Waals surface area contributed by atoms with Crippen LogP contribution >= 0.6 is 11.3 Å². The lowest BCUT2D eigenvalue weighted by atomic mass is 10.4. The fourth-order valence-electron chi connectivity index (χ4n) is 0.615. The van der Waals surface area contributed by atoms with Crippen LogP contribution in [0.3, 0.4) is 0 Å². The third-order valence-electron chi connectivity index (χ3n) is 1.37. The normalized spacial score (nSPS) is 10.6. The molecule has 1 heterocycles. The molecule has 0 saturated carbocycles. The Bertz CT molecular complexity index is 380. The molecule has 1 aromatic rings. The molecular formula is C6H13N3O3S2. The molecule has 0 amide bonds. The van der Waals surface area contributed by atoms with Gasteiger partial charge < -0.3 is 4.55 Å². The highest BCUT2D eigenvalue weighted by Crippen LogP contribution is 2.13. The van der Waals surface area contributed by atoms with Gasteiger partial charge in [0.2, 0.25) is 0 Å². The van der Waals surface area contributed by atoms with Crippen LogP contribution in [0.1, 0.15) is 10.6 Å². The van der Waals surface area contributed by atoms with E-state index in [1.807, 2.05) is 13.8 Å². The molecule has 0 aromatic carbocycles. The summed E-state index contributed by atoms with van der Waals surface area (Å²) >= 11 is 1.51. The number of nitrogens with two attached hydrogens (primary N) is 2. The standard InChI is InChI=1S/C5H9N3S.CH4O3S/c1-3-4(2)9-5(6)8(3)7;1-5(2,3)4/h6H,7H2,1-2H3;1H3,(H,2,3,4). The molecule has 0 unspecified atom stereocenters. The van der Waals surface area contributed by atoms with Crippen molar-refractivity contribution in [2.24, 2.45) is 0 Å².